The summed E-state index contributed by atoms with van der Waals surface area (Å²) in [5.41, 5.74) is 8.24. The van der Waals surface area contributed by atoms with Crippen LogP contribution in [0.2, 0.25) is 0 Å². The number of nitrogens with two attached hydrogens (primary N) is 1. The largest absolute Gasteiger partial charge is 0.383 e. The van der Waals surface area contributed by atoms with E-state index >= 15 is 0 Å². The minimum absolute atomic E-state index is 0.410. The van der Waals surface area contributed by atoms with Crippen molar-refractivity contribution in [3.63, 3.8) is 0 Å². The minimum atomic E-state index is 0.410. The van der Waals surface area contributed by atoms with Gasteiger partial charge in [0.1, 0.15) is 12.1 Å². The van der Waals surface area contributed by atoms with Crippen LogP contribution in [0, 0.1) is 0 Å². The summed E-state index contributed by atoms with van der Waals surface area (Å²) in [5, 5.41) is 4.97. The smallest absolute Gasteiger partial charge is 0.231 e. The van der Waals surface area contributed by atoms with Crippen LogP contribution in [0.5, 0.6) is 0 Å². The number of aromatic amines is 1. The Morgan fingerprint density at radius 2 is 2.05 bits per heavy atom. The van der Waals surface area contributed by atoms with Crippen molar-refractivity contribution in [2.24, 2.45) is 0 Å². The van der Waals surface area contributed by atoms with Crippen molar-refractivity contribution >= 4 is 27.9 Å². The Balaban J connectivity index is 2.01. The predicted molar refractivity (Wildman–Crippen MR) is 70.7 cm³/mol. The van der Waals surface area contributed by atoms with Gasteiger partial charge in [-0.25, -0.2) is 15.0 Å². The van der Waals surface area contributed by atoms with Crippen molar-refractivity contribution in [1.82, 2.24) is 29.7 Å². The summed E-state index contributed by atoms with van der Waals surface area (Å²) in [4.78, 5) is 15.8. The lowest BCUT2D eigenvalue weighted by atomic mass is 10.3. The Morgan fingerprint density at radius 3 is 2.95 bits per heavy atom. The molecule has 0 aliphatic rings. The molecule has 1 aromatic carbocycles. The van der Waals surface area contributed by atoms with Crippen LogP contribution in [0.25, 0.3) is 28.0 Å². The number of fused-ring (bicyclic) bond motifs is 2. The van der Waals surface area contributed by atoms with Gasteiger partial charge in [-0.05, 0) is 12.1 Å². The normalized spacial score (nSPS) is 11.4. The quantitative estimate of drug-likeness (QED) is 0.531. The van der Waals surface area contributed by atoms with Crippen LogP contribution in [-0.4, -0.2) is 29.7 Å². The van der Waals surface area contributed by atoms with Crippen molar-refractivity contribution < 1.29 is 0 Å². The highest BCUT2D eigenvalue weighted by Gasteiger charge is 2.12. The van der Waals surface area contributed by atoms with Gasteiger partial charge in [0.2, 0.25) is 5.95 Å². The number of aromatic nitrogens is 6. The van der Waals surface area contributed by atoms with Crippen LogP contribution in [0.15, 0.2) is 36.8 Å². The fraction of sp³-hybridized carbons (Fsp3) is 0. The second-order valence-electron chi connectivity index (χ2n) is 4.13. The third-order valence-electron chi connectivity index (χ3n) is 2.97. The molecule has 19 heavy (non-hydrogen) atoms. The van der Waals surface area contributed by atoms with E-state index in [0.29, 0.717) is 22.8 Å². The number of para-hydroxylation sites is 2. The van der Waals surface area contributed by atoms with Crippen LogP contribution in [0.3, 0.4) is 0 Å². The van der Waals surface area contributed by atoms with Gasteiger partial charge >= 0.3 is 0 Å². The number of anilines is 1. The topological polar surface area (TPSA) is 98.3 Å². The van der Waals surface area contributed by atoms with Gasteiger partial charge in [0.25, 0.3) is 0 Å². The number of nitrogens with one attached hydrogen (secondary N) is 1. The molecule has 4 rings (SSSR count). The molecule has 4 aromatic rings. The molecule has 0 fully saturated rings. The summed E-state index contributed by atoms with van der Waals surface area (Å²) in [7, 11) is 0. The van der Waals surface area contributed by atoms with E-state index in [9.17, 15) is 0 Å². The molecular weight excluding hydrogens is 242 g/mol. The Morgan fingerprint density at radius 1 is 1.16 bits per heavy atom. The van der Waals surface area contributed by atoms with Gasteiger partial charge in [-0.3, -0.25) is 0 Å². The van der Waals surface area contributed by atoms with Gasteiger partial charge in [0.15, 0.2) is 5.65 Å². The summed E-state index contributed by atoms with van der Waals surface area (Å²) in [6.07, 6.45) is 3.05. The molecule has 0 amide bonds. The maximum atomic E-state index is 5.79. The second-order valence-corrected chi connectivity index (χ2v) is 4.13. The number of nitrogen functional groups attached to an aromatic ring is 1. The molecule has 0 aliphatic heterocycles. The van der Waals surface area contributed by atoms with Gasteiger partial charge in [0, 0.05) is 0 Å². The Hall–Kier alpha value is -2.96. The lowest BCUT2D eigenvalue weighted by Gasteiger charge is -1.97. The Bertz CT molecular complexity index is 856. The lowest BCUT2D eigenvalue weighted by molar-refractivity contribution is 0.844. The van der Waals surface area contributed by atoms with Crippen LogP contribution < -0.4 is 5.73 Å². The van der Waals surface area contributed by atoms with E-state index in [0.717, 1.165) is 11.0 Å². The maximum Gasteiger partial charge on any atom is 0.231 e. The fourth-order valence-electron chi connectivity index (χ4n) is 2.06. The first-order valence-corrected chi connectivity index (χ1v) is 5.72. The highest BCUT2D eigenvalue weighted by atomic mass is 15.4. The number of H-pyrrole nitrogens is 1. The minimum Gasteiger partial charge on any atom is -0.383 e. The maximum absolute atomic E-state index is 5.79. The summed E-state index contributed by atoms with van der Waals surface area (Å²) in [6, 6.07) is 7.78. The molecule has 0 saturated carbocycles. The number of nitrogens with zero attached hydrogens (tertiary/aromatic N) is 5. The summed E-state index contributed by atoms with van der Waals surface area (Å²) in [5.74, 6) is 1.02. The molecule has 0 unspecified atom stereocenters. The molecule has 92 valence electrons. The van der Waals surface area contributed by atoms with Gasteiger partial charge in [-0.1, -0.05) is 12.1 Å². The fourth-order valence-corrected chi connectivity index (χ4v) is 2.06. The highest BCUT2D eigenvalue weighted by molar-refractivity contribution is 5.86. The van der Waals surface area contributed by atoms with Crippen molar-refractivity contribution in [1.29, 1.82) is 0 Å². The zero-order chi connectivity index (χ0) is 12.8. The predicted octanol–water partition coefficient (Wildman–Crippen LogP) is 1.27. The van der Waals surface area contributed by atoms with Gasteiger partial charge < -0.3 is 10.7 Å². The third kappa shape index (κ3) is 1.38. The number of rotatable bonds is 1. The molecular formula is C12H9N7. The van der Waals surface area contributed by atoms with E-state index < -0.39 is 0 Å². The molecule has 7 nitrogen and oxygen atoms in total. The molecule has 0 aliphatic carbocycles. The molecule has 3 aromatic heterocycles. The van der Waals surface area contributed by atoms with Crippen molar-refractivity contribution in [2.45, 2.75) is 0 Å². The first-order valence-electron chi connectivity index (χ1n) is 5.72. The number of hydrogen-bond acceptors (Lipinski definition) is 5. The van der Waals surface area contributed by atoms with E-state index in [-0.39, 0.29) is 0 Å². The van der Waals surface area contributed by atoms with Gasteiger partial charge in [-0.15, -0.1) is 0 Å². The summed E-state index contributed by atoms with van der Waals surface area (Å²) >= 11 is 0. The Kier molecular flexibility index (Phi) is 1.85. The van der Waals surface area contributed by atoms with E-state index in [4.69, 9.17) is 5.73 Å². The van der Waals surface area contributed by atoms with E-state index in [1.54, 1.807) is 10.9 Å². The molecule has 0 radical (unpaired) electrons. The van der Waals surface area contributed by atoms with E-state index in [2.05, 4.69) is 25.0 Å². The van der Waals surface area contributed by atoms with Gasteiger partial charge in [-0.2, -0.15) is 9.78 Å². The monoisotopic (exact) mass is 251 g/mol. The average molecular weight is 251 g/mol. The van der Waals surface area contributed by atoms with Crippen LogP contribution in [0.4, 0.5) is 5.82 Å². The summed E-state index contributed by atoms with van der Waals surface area (Å²) in [6.45, 7) is 0. The first-order chi connectivity index (χ1) is 9.33. The number of imidazole rings is 1. The second kappa shape index (κ2) is 3.52. The molecule has 0 spiro atoms. The van der Waals surface area contributed by atoms with Crippen LogP contribution in [0.1, 0.15) is 0 Å². The van der Waals surface area contributed by atoms with E-state index in [1.165, 1.54) is 6.33 Å². The van der Waals surface area contributed by atoms with Crippen LogP contribution in [-0.2, 0) is 0 Å². The molecule has 0 atom stereocenters. The average Bonchev–Trinajstić information content (AvgIpc) is 3.02. The standard InChI is InChI=1S/C12H9N7/c13-10-7-5-16-19(11(7)15-6-14-10)12-17-8-3-1-2-4-9(8)18-12/h1-6H,(H,17,18)(H2,13,14,15). The molecule has 0 saturated heterocycles. The van der Waals surface area contributed by atoms with Crippen LogP contribution >= 0.6 is 0 Å². The van der Waals surface area contributed by atoms with E-state index in [1.807, 2.05) is 24.3 Å². The first kappa shape index (κ1) is 10.0. The molecule has 3 heterocycles. The van der Waals surface area contributed by atoms with Crippen molar-refractivity contribution in [3.05, 3.63) is 36.8 Å². The highest BCUT2D eigenvalue weighted by Crippen LogP contribution is 2.19. The number of benzene rings is 1. The molecule has 0 bridgehead atoms. The number of hydrogen-bond donors (Lipinski definition) is 2. The third-order valence-corrected chi connectivity index (χ3v) is 2.97. The lowest BCUT2D eigenvalue weighted by Crippen LogP contribution is -2.00. The zero-order valence-corrected chi connectivity index (χ0v) is 9.78. The Labute approximate surface area is 107 Å². The SMILES string of the molecule is Nc1ncnc2c1cnn2-c1nc2ccccc2[nH]1. The zero-order valence-electron chi connectivity index (χ0n) is 9.78. The molecule has 3 N–H and O–H groups in total. The van der Waals surface area contributed by atoms with Crippen molar-refractivity contribution in [2.75, 3.05) is 5.73 Å². The van der Waals surface area contributed by atoms with Crippen molar-refractivity contribution in [3.8, 4) is 5.95 Å². The molecule has 7 heteroatoms. The summed E-state index contributed by atoms with van der Waals surface area (Å²) < 4.78 is 1.62. The van der Waals surface area contributed by atoms with Gasteiger partial charge in [0.05, 0.1) is 22.6 Å².